The van der Waals surface area contributed by atoms with Gasteiger partial charge in [0.25, 0.3) is 0 Å². The molecule has 0 aromatic heterocycles. The molecular weight excluding hydrogens is 262 g/mol. The molecule has 0 aliphatic heterocycles. The van der Waals surface area contributed by atoms with E-state index in [1.807, 2.05) is 36.4 Å². The molecule has 0 atom stereocenters. The van der Waals surface area contributed by atoms with Crippen molar-refractivity contribution < 1.29 is 4.74 Å². The van der Waals surface area contributed by atoms with Gasteiger partial charge in [-0.2, -0.15) is 10.5 Å². The first-order valence-electron chi connectivity index (χ1n) is 6.84. The standard InChI is InChI=1S/C17H17N3O/c1-21-12-11-20(10-4-9-18)17-8-7-14(13-19)15-5-2-3-6-16(15)17/h2-3,5-8H,4,10-12H2,1H3. The van der Waals surface area contributed by atoms with Gasteiger partial charge in [0.1, 0.15) is 0 Å². The average Bonchev–Trinajstić information content (AvgIpc) is 2.54. The van der Waals surface area contributed by atoms with E-state index in [9.17, 15) is 5.26 Å². The molecular formula is C17H17N3O. The van der Waals surface area contributed by atoms with Gasteiger partial charge in [0, 0.05) is 36.7 Å². The third kappa shape index (κ3) is 3.31. The van der Waals surface area contributed by atoms with Gasteiger partial charge in [0.2, 0.25) is 0 Å². The normalized spacial score (nSPS) is 10.0. The molecule has 2 rings (SSSR count). The number of hydrogen-bond donors (Lipinski definition) is 0. The van der Waals surface area contributed by atoms with Gasteiger partial charge in [-0.25, -0.2) is 0 Å². The summed E-state index contributed by atoms with van der Waals surface area (Å²) in [4.78, 5) is 2.14. The van der Waals surface area contributed by atoms with E-state index in [0.717, 1.165) is 16.5 Å². The third-order valence-corrected chi connectivity index (χ3v) is 3.42. The highest BCUT2D eigenvalue weighted by molar-refractivity contribution is 5.97. The zero-order valence-corrected chi connectivity index (χ0v) is 12.0. The Kier molecular flexibility index (Phi) is 5.15. The van der Waals surface area contributed by atoms with Crippen molar-refractivity contribution in [2.24, 2.45) is 0 Å². The lowest BCUT2D eigenvalue weighted by Gasteiger charge is -2.25. The van der Waals surface area contributed by atoms with E-state index in [2.05, 4.69) is 17.0 Å². The molecule has 0 aliphatic carbocycles. The van der Waals surface area contributed by atoms with Crippen molar-refractivity contribution in [3.8, 4) is 12.1 Å². The van der Waals surface area contributed by atoms with Gasteiger partial charge < -0.3 is 9.64 Å². The first-order chi connectivity index (χ1) is 10.3. The zero-order chi connectivity index (χ0) is 15.1. The van der Waals surface area contributed by atoms with E-state index in [4.69, 9.17) is 10.00 Å². The first-order valence-corrected chi connectivity index (χ1v) is 6.84. The van der Waals surface area contributed by atoms with Gasteiger partial charge in [0.15, 0.2) is 0 Å². The van der Waals surface area contributed by atoms with E-state index in [1.54, 1.807) is 7.11 Å². The zero-order valence-electron chi connectivity index (χ0n) is 12.0. The summed E-state index contributed by atoms with van der Waals surface area (Å²) in [6, 6.07) is 16.1. The average molecular weight is 279 g/mol. The first kappa shape index (κ1) is 14.8. The number of anilines is 1. The van der Waals surface area contributed by atoms with E-state index in [0.29, 0.717) is 31.7 Å². The molecule has 0 N–H and O–H groups in total. The number of methoxy groups -OCH3 is 1. The van der Waals surface area contributed by atoms with Crippen LogP contribution in [0.4, 0.5) is 5.69 Å². The number of hydrogen-bond acceptors (Lipinski definition) is 4. The van der Waals surface area contributed by atoms with Crippen molar-refractivity contribution in [2.45, 2.75) is 6.42 Å². The maximum absolute atomic E-state index is 9.22. The van der Waals surface area contributed by atoms with Crippen molar-refractivity contribution in [1.29, 1.82) is 10.5 Å². The van der Waals surface area contributed by atoms with Crippen LogP contribution < -0.4 is 4.90 Å². The fourth-order valence-corrected chi connectivity index (χ4v) is 2.40. The van der Waals surface area contributed by atoms with Crippen LogP contribution in [0.25, 0.3) is 10.8 Å². The molecule has 0 spiro atoms. The second kappa shape index (κ2) is 7.28. The highest BCUT2D eigenvalue weighted by Crippen LogP contribution is 2.29. The van der Waals surface area contributed by atoms with Gasteiger partial charge in [-0.3, -0.25) is 0 Å². The van der Waals surface area contributed by atoms with Crippen LogP contribution in [0.2, 0.25) is 0 Å². The Hall–Kier alpha value is -2.56. The molecule has 2 aromatic rings. The summed E-state index contributed by atoms with van der Waals surface area (Å²) >= 11 is 0. The predicted molar refractivity (Wildman–Crippen MR) is 83.0 cm³/mol. The third-order valence-electron chi connectivity index (χ3n) is 3.42. The van der Waals surface area contributed by atoms with Crippen LogP contribution in [-0.4, -0.2) is 26.8 Å². The van der Waals surface area contributed by atoms with Gasteiger partial charge in [-0.05, 0) is 12.1 Å². The van der Waals surface area contributed by atoms with Crippen molar-refractivity contribution >= 4 is 16.5 Å². The van der Waals surface area contributed by atoms with Crippen LogP contribution in [0, 0.1) is 22.7 Å². The van der Waals surface area contributed by atoms with E-state index >= 15 is 0 Å². The maximum Gasteiger partial charge on any atom is 0.0998 e. The fraction of sp³-hybridized carbons (Fsp3) is 0.294. The van der Waals surface area contributed by atoms with Crippen LogP contribution in [-0.2, 0) is 4.74 Å². The lowest BCUT2D eigenvalue weighted by atomic mass is 10.0. The highest BCUT2D eigenvalue weighted by Gasteiger charge is 2.11. The van der Waals surface area contributed by atoms with E-state index < -0.39 is 0 Å². The Balaban J connectivity index is 2.47. The topological polar surface area (TPSA) is 60.0 Å². The minimum atomic E-state index is 0.456. The number of rotatable bonds is 6. The van der Waals surface area contributed by atoms with Crippen LogP contribution in [0.1, 0.15) is 12.0 Å². The van der Waals surface area contributed by atoms with Crippen molar-refractivity contribution in [3.63, 3.8) is 0 Å². The van der Waals surface area contributed by atoms with Crippen LogP contribution >= 0.6 is 0 Å². The maximum atomic E-state index is 9.22. The van der Waals surface area contributed by atoms with Gasteiger partial charge >= 0.3 is 0 Å². The van der Waals surface area contributed by atoms with Crippen molar-refractivity contribution in [3.05, 3.63) is 42.0 Å². The quantitative estimate of drug-likeness (QED) is 0.815. The SMILES string of the molecule is COCCN(CCC#N)c1ccc(C#N)c2ccccc12. The summed E-state index contributed by atoms with van der Waals surface area (Å²) in [5, 5.41) is 20.0. The molecule has 0 unspecified atom stereocenters. The second-order valence-corrected chi connectivity index (χ2v) is 4.68. The molecule has 4 heteroatoms. The highest BCUT2D eigenvalue weighted by atomic mass is 16.5. The molecule has 0 heterocycles. The summed E-state index contributed by atoms with van der Waals surface area (Å²) in [7, 11) is 1.67. The minimum Gasteiger partial charge on any atom is -0.383 e. The minimum absolute atomic E-state index is 0.456. The number of nitrogens with zero attached hydrogens (tertiary/aromatic N) is 3. The Morgan fingerprint density at radius 1 is 1.05 bits per heavy atom. The molecule has 0 aliphatic rings. The molecule has 0 amide bonds. The summed E-state index contributed by atoms with van der Waals surface area (Å²) in [5.74, 6) is 0. The molecule has 4 nitrogen and oxygen atoms in total. The molecule has 0 saturated carbocycles. The van der Waals surface area contributed by atoms with Gasteiger partial charge in [0.05, 0.1) is 30.7 Å². The Morgan fingerprint density at radius 2 is 1.81 bits per heavy atom. The summed E-state index contributed by atoms with van der Waals surface area (Å²) in [5.41, 5.74) is 1.71. The molecule has 106 valence electrons. The lowest BCUT2D eigenvalue weighted by Crippen LogP contribution is -2.28. The molecule has 21 heavy (non-hydrogen) atoms. The number of nitriles is 2. The predicted octanol–water partition coefficient (Wildman–Crippen LogP) is 3.08. The Morgan fingerprint density at radius 3 is 2.48 bits per heavy atom. The van der Waals surface area contributed by atoms with Gasteiger partial charge in [-0.1, -0.05) is 24.3 Å². The molecule has 2 aromatic carbocycles. The molecule has 0 radical (unpaired) electrons. The van der Waals surface area contributed by atoms with Crippen molar-refractivity contribution in [1.82, 2.24) is 0 Å². The van der Waals surface area contributed by atoms with Crippen LogP contribution in [0.15, 0.2) is 36.4 Å². The largest absolute Gasteiger partial charge is 0.383 e. The number of fused-ring (bicyclic) bond motifs is 1. The summed E-state index contributed by atoms with van der Waals surface area (Å²) in [6.45, 7) is 1.96. The van der Waals surface area contributed by atoms with Gasteiger partial charge in [-0.15, -0.1) is 0 Å². The Bertz CT molecular complexity index is 697. The molecule has 0 saturated heterocycles. The summed E-state index contributed by atoms with van der Waals surface area (Å²) in [6.07, 6.45) is 0.456. The lowest BCUT2D eigenvalue weighted by molar-refractivity contribution is 0.205. The van der Waals surface area contributed by atoms with Crippen LogP contribution in [0.3, 0.4) is 0 Å². The summed E-state index contributed by atoms with van der Waals surface area (Å²) < 4.78 is 5.15. The molecule has 0 bridgehead atoms. The monoisotopic (exact) mass is 279 g/mol. The number of ether oxygens (including phenoxy) is 1. The van der Waals surface area contributed by atoms with E-state index in [1.165, 1.54) is 0 Å². The molecule has 0 fully saturated rings. The van der Waals surface area contributed by atoms with E-state index in [-0.39, 0.29) is 0 Å². The van der Waals surface area contributed by atoms with Crippen LogP contribution in [0.5, 0.6) is 0 Å². The number of benzene rings is 2. The fourth-order valence-electron chi connectivity index (χ4n) is 2.40. The van der Waals surface area contributed by atoms with Crippen molar-refractivity contribution in [2.75, 3.05) is 31.7 Å². The smallest absolute Gasteiger partial charge is 0.0998 e. The Labute approximate surface area is 124 Å². The second-order valence-electron chi connectivity index (χ2n) is 4.68.